The number of carboxylic acid groups (broad SMARTS) is 1. The molecule has 3 N–H and O–H groups in total. The number of hydrogen-bond acceptors (Lipinski definition) is 4. The zero-order valence-electron chi connectivity index (χ0n) is 11.6. The van der Waals surface area contributed by atoms with Crippen molar-refractivity contribution in [2.75, 3.05) is 5.32 Å². The monoisotopic (exact) mass is 305 g/mol. The third-order valence-corrected chi connectivity index (χ3v) is 3.66. The van der Waals surface area contributed by atoms with Crippen molar-refractivity contribution in [3.8, 4) is 0 Å². The number of nitrogens with zero attached hydrogens (tertiary/aromatic N) is 1. The number of anilines is 1. The molecule has 0 saturated carbocycles. The summed E-state index contributed by atoms with van der Waals surface area (Å²) in [7, 11) is 0. The lowest BCUT2D eigenvalue weighted by atomic mass is 10.1. The van der Waals surface area contributed by atoms with Gasteiger partial charge >= 0.3 is 12.0 Å². The van der Waals surface area contributed by atoms with Gasteiger partial charge in [0.1, 0.15) is 5.01 Å². The summed E-state index contributed by atoms with van der Waals surface area (Å²) in [5.41, 5.74) is 2.77. The van der Waals surface area contributed by atoms with E-state index in [4.69, 9.17) is 5.11 Å². The third kappa shape index (κ3) is 4.03. The van der Waals surface area contributed by atoms with Crippen molar-refractivity contribution in [3.63, 3.8) is 0 Å². The van der Waals surface area contributed by atoms with Gasteiger partial charge in [0.2, 0.25) is 0 Å². The molecule has 0 saturated heterocycles. The number of thiazole rings is 1. The average molecular weight is 305 g/mol. The molecule has 21 heavy (non-hydrogen) atoms. The molecule has 0 aliphatic heterocycles. The summed E-state index contributed by atoms with van der Waals surface area (Å²) in [6, 6.07) is 5.45. The predicted octanol–water partition coefficient (Wildman–Crippen LogP) is 2.78. The van der Waals surface area contributed by atoms with Gasteiger partial charge in [0.15, 0.2) is 5.69 Å². The van der Waals surface area contributed by atoms with Crippen LogP contribution in [0.5, 0.6) is 0 Å². The van der Waals surface area contributed by atoms with E-state index < -0.39 is 5.97 Å². The highest BCUT2D eigenvalue weighted by Crippen LogP contribution is 2.16. The van der Waals surface area contributed by atoms with Gasteiger partial charge in [0.25, 0.3) is 0 Å². The molecule has 0 bridgehead atoms. The third-order valence-electron chi connectivity index (χ3n) is 2.81. The molecule has 1 heterocycles. The van der Waals surface area contributed by atoms with Crippen molar-refractivity contribution in [3.05, 3.63) is 45.4 Å². The molecule has 0 spiro atoms. The van der Waals surface area contributed by atoms with E-state index in [1.54, 1.807) is 0 Å². The summed E-state index contributed by atoms with van der Waals surface area (Å²) in [6.07, 6.45) is 0. The molecule has 2 aromatic rings. The Morgan fingerprint density at radius 3 is 2.76 bits per heavy atom. The summed E-state index contributed by atoms with van der Waals surface area (Å²) in [4.78, 5) is 26.4. The zero-order valence-corrected chi connectivity index (χ0v) is 12.5. The molecule has 0 aliphatic carbocycles. The molecular formula is C14H15N3O3S. The Kier molecular flexibility index (Phi) is 4.54. The SMILES string of the molecule is Cc1ccc(C)c(NC(=O)NCc2nc(C(=O)O)cs2)c1. The zero-order chi connectivity index (χ0) is 15.4. The van der Waals surface area contributed by atoms with Gasteiger partial charge in [-0.3, -0.25) is 0 Å². The van der Waals surface area contributed by atoms with Gasteiger partial charge in [-0.15, -0.1) is 11.3 Å². The van der Waals surface area contributed by atoms with Gasteiger partial charge in [-0.05, 0) is 31.0 Å². The fourth-order valence-corrected chi connectivity index (χ4v) is 2.39. The number of hydrogen-bond donors (Lipinski definition) is 3. The van der Waals surface area contributed by atoms with Gasteiger partial charge in [-0.2, -0.15) is 0 Å². The van der Waals surface area contributed by atoms with Crippen molar-refractivity contribution < 1.29 is 14.7 Å². The number of aromatic carboxylic acids is 1. The number of rotatable bonds is 4. The standard InChI is InChI=1S/C14H15N3O3S/c1-8-3-4-9(2)10(5-8)17-14(20)15-6-12-16-11(7-21-12)13(18)19/h3-5,7H,6H2,1-2H3,(H,18,19)(H2,15,17,20). The molecular weight excluding hydrogens is 290 g/mol. The van der Waals surface area contributed by atoms with Crippen LogP contribution < -0.4 is 10.6 Å². The summed E-state index contributed by atoms with van der Waals surface area (Å²) >= 11 is 1.20. The number of benzene rings is 1. The van der Waals surface area contributed by atoms with E-state index in [0.29, 0.717) is 5.01 Å². The van der Waals surface area contributed by atoms with Crippen LogP contribution >= 0.6 is 11.3 Å². The van der Waals surface area contributed by atoms with Gasteiger partial charge < -0.3 is 15.7 Å². The molecule has 110 valence electrons. The Labute approximate surface area is 125 Å². The van der Waals surface area contributed by atoms with Crippen LogP contribution in [0.15, 0.2) is 23.6 Å². The highest BCUT2D eigenvalue weighted by molar-refractivity contribution is 7.09. The molecule has 7 heteroatoms. The highest BCUT2D eigenvalue weighted by atomic mass is 32.1. The van der Waals surface area contributed by atoms with Crippen LogP contribution in [-0.4, -0.2) is 22.1 Å². The molecule has 2 amide bonds. The lowest BCUT2D eigenvalue weighted by molar-refractivity contribution is 0.0691. The molecule has 0 unspecified atom stereocenters. The quantitative estimate of drug-likeness (QED) is 0.810. The van der Waals surface area contributed by atoms with Gasteiger partial charge in [0.05, 0.1) is 6.54 Å². The summed E-state index contributed by atoms with van der Waals surface area (Å²) < 4.78 is 0. The number of aromatic nitrogens is 1. The fourth-order valence-electron chi connectivity index (χ4n) is 1.68. The van der Waals surface area contributed by atoms with Gasteiger partial charge in [0, 0.05) is 11.1 Å². The number of carbonyl (C=O) groups is 2. The first-order chi connectivity index (χ1) is 9.95. The maximum absolute atomic E-state index is 11.8. The van der Waals surface area contributed by atoms with Crippen molar-refractivity contribution in [2.24, 2.45) is 0 Å². The van der Waals surface area contributed by atoms with Gasteiger partial charge in [-0.25, -0.2) is 14.6 Å². The molecule has 1 aromatic carbocycles. The lowest BCUT2D eigenvalue weighted by Crippen LogP contribution is -2.28. The number of carboxylic acids is 1. The second-order valence-electron chi connectivity index (χ2n) is 4.56. The largest absolute Gasteiger partial charge is 0.476 e. The first-order valence-corrected chi connectivity index (χ1v) is 7.13. The van der Waals surface area contributed by atoms with Crippen LogP contribution in [0, 0.1) is 13.8 Å². The molecule has 1 aromatic heterocycles. The summed E-state index contributed by atoms with van der Waals surface area (Å²) in [5, 5.41) is 16.2. The number of urea groups is 1. The van der Waals surface area contributed by atoms with E-state index in [1.165, 1.54) is 16.7 Å². The summed E-state index contributed by atoms with van der Waals surface area (Å²) in [5.74, 6) is -1.07. The van der Waals surface area contributed by atoms with E-state index in [1.807, 2.05) is 32.0 Å². The minimum Gasteiger partial charge on any atom is -0.476 e. The van der Waals surface area contributed by atoms with Crippen molar-refractivity contribution in [2.45, 2.75) is 20.4 Å². The fraction of sp³-hybridized carbons (Fsp3) is 0.214. The smallest absolute Gasteiger partial charge is 0.355 e. The summed E-state index contributed by atoms with van der Waals surface area (Å²) in [6.45, 7) is 4.05. The molecule has 0 atom stereocenters. The number of amides is 2. The lowest BCUT2D eigenvalue weighted by Gasteiger charge is -2.09. The van der Waals surface area contributed by atoms with E-state index in [0.717, 1.165) is 16.8 Å². The first-order valence-electron chi connectivity index (χ1n) is 6.25. The minimum absolute atomic E-state index is 0.00765. The van der Waals surface area contributed by atoms with Crippen LogP contribution in [0.2, 0.25) is 0 Å². The number of aryl methyl sites for hydroxylation is 2. The Hall–Kier alpha value is -2.41. The maximum Gasteiger partial charge on any atom is 0.355 e. The molecule has 0 radical (unpaired) electrons. The average Bonchev–Trinajstić information content (AvgIpc) is 2.90. The second-order valence-corrected chi connectivity index (χ2v) is 5.50. The van der Waals surface area contributed by atoms with E-state index >= 15 is 0 Å². The normalized spacial score (nSPS) is 10.2. The first kappa shape index (κ1) is 15.0. The van der Waals surface area contributed by atoms with Gasteiger partial charge in [-0.1, -0.05) is 12.1 Å². The van der Waals surface area contributed by atoms with E-state index in [-0.39, 0.29) is 18.3 Å². The topological polar surface area (TPSA) is 91.3 Å². The molecule has 2 rings (SSSR count). The van der Waals surface area contributed by atoms with E-state index in [2.05, 4.69) is 15.6 Å². The minimum atomic E-state index is -1.07. The van der Waals surface area contributed by atoms with Crippen LogP contribution in [0.4, 0.5) is 10.5 Å². The van der Waals surface area contributed by atoms with Crippen LogP contribution in [0.25, 0.3) is 0 Å². The van der Waals surface area contributed by atoms with E-state index in [9.17, 15) is 9.59 Å². The predicted molar refractivity (Wildman–Crippen MR) is 80.8 cm³/mol. The van der Waals surface area contributed by atoms with Crippen molar-refractivity contribution >= 4 is 29.0 Å². The molecule has 6 nitrogen and oxygen atoms in total. The Morgan fingerprint density at radius 2 is 2.10 bits per heavy atom. The van der Waals surface area contributed by atoms with Crippen LogP contribution in [0.3, 0.4) is 0 Å². The van der Waals surface area contributed by atoms with Crippen LogP contribution in [0.1, 0.15) is 26.6 Å². The van der Waals surface area contributed by atoms with Crippen molar-refractivity contribution in [1.82, 2.24) is 10.3 Å². The molecule has 0 fully saturated rings. The van der Waals surface area contributed by atoms with Crippen LogP contribution in [-0.2, 0) is 6.54 Å². The Morgan fingerprint density at radius 1 is 1.33 bits per heavy atom. The highest BCUT2D eigenvalue weighted by Gasteiger charge is 2.10. The maximum atomic E-state index is 11.8. The Balaban J connectivity index is 1.92. The molecule has 0 aliphatic rings. The Bertz CT molecular complexity index is 682. The number of nitrogens with one attached hydrogen (secondary N) is 2. The number of carbonyl (C=O) groups excluding carboxylic acids is 1. The van der Waals surface area contributed by atoms with Crippen molar-refractivity contribution in [1.29, 1.82) is 0 Å². The second kappa shape index (κ2) is 6.36.